The van der Waals surface area contributed by atoms with Gasteiger partial charge < -0.3 is 10.4 Å². The molecule has 0 bridgehead atoms. The molecular weight excluding hydrogens is 410 g/mol. The van der Waals surface area contributed by atoms with Crippen molar-refractivity contribution in [3.05, 3.63) is 68.7 Å². The molecule has 0 saturated carbocycles. The second-order valence-electron chi connectivity index (χ2n) is 4.79. The molecule has 0 aliphatic carbocycles. The number of thiocarbonyl (C=S) groups is 1. The van der Waals surface area contributed by atoms with Crippen molar-refractivity contribution in [3.63, 3.8) is 0 Å². The van der Waals surface area contributed by atoms with Gasteiger partial charge >= 0.3 is 0 Å². The normalized spacial score (nSPS) is 10.4. The minimum absolute atomic E-state index is 0.0128. The van der Waals surface area contributed by atoms with E-state index in [1.807, 2.05) is 0 Å². The number of anilines is 1. The van der Waals surface area contributed by atoms with E-state index < -0.39 is 10.8 Å². The summed E-state index contributed by atoms with van der Waals surface area (Å²) in [4.78, 5) is 21.9. The van der Waals surface area contributed by atoms with Crippen LogP contribution in [0.4, 0.5) is 11.4 Å². The molecule has 2 aromatic rings. The Morgan fingerprint density at radius 2 is 1.92 bits per heavy atom. The first kappa shape index (κ1) is 18.6. The number of halogens is 1. The minimum atomic E-state index is -0.498. The first-order chi connectivity index (χ1) is 11.8. The summed E-state index contributed by atoms with van der Waals surface area (Å²) < 4.78 is 0.736. The van der Waals surface area contributed by atoms with Gasteiger partial charge in [-0.1, -0.05) is 15.9 Å². The minimum Gasteiger partial charge on any atom is -0.506 e. The number of nitrogens with one attached hydrogen (secondary N) is 2. The van der Waals surface area contributed by atoms with Crippen LogP contribution in [-0.2, 0) is 4.79 Å². The Balaban J connectivity index is 1.93. The van der Waals surface area contributed by atoms with Crippen molar-refractivity contribution >= 4 is 56.6 Å². The van der Waals surface area contributed by atoms with Crippen molar-refractivity contribution in [2.75, 3.05) is 5.32 Å². The number of aromatic hydroxyl groups is 1. The Kier molecular flexibility index (Phi) is 6.20. The summed E-state index contributed by atoms with van der Waals surface area (Å²) in [5.41, 5.74) is 0.948. The van der Waals surface area contributed by atoms with Crippen molar-refractivity contribution in [3.8, 4) is 5.75 Å². The summed E-state index contributed by atoms with van der Waals surface area (Å²) in [7, 11) is 0. The molecule has 0 aliphatic heterocycles. The number of phenolic OH excluding ortho intramolecular Hbond substituents is 1. The van der Waals surface area contributed by atoms with Crippen molar-refractivity contribution in [2.45, 2.75) is 0 Å². The second kappa shape index (κ2) is 8.36. The number of phenols is 1. The average Bonchev–Trinajstić information content (AvgIpc) is 2.56. The van der Waals surface area contributed by atoms with Crippen LogP contribution in [0.1, 0.15) is 5.56 Å². The number of nitrogens with zero attached hydrogens (tertiary/aromatic N) is 1. The van der Waals surface area contributed by atoms with Gasteiger partial charge in [-0.2, -0.15) is 0 Å². The van der Waals surface area contributed by atoms with Crippen LogP contribution in [0.3, 0.4) is 0 Å². The fourth-order valence-corrected chi connectivity index (χ4v) is 2.37. The molecule has 3 N–H and O–H groups in total. The Morgan fingerprint density at radius 1 is 1.24 bits per heavy atom. The Bertz CT molecular complexity index is 853. The van der Waals surface area contributed by atoms with E-state index in [4.69, 9.17) is 12.2 Å². The fourth-order valence-electron chi connectivity index (χ4n) is 1.79. The third-order valence-electron chi connectivity index (χ3n) is 2.97. The molecule has 0 atom stereocenters. The number of rotatable bonds is 4. The van der Waals surface area contributed by atoms with E-state index in [0.717, 1.165) is 4.47 Å². The molecule has 128 valence electrons. The van der Waals surface area contributed by atoms with Gasteiger partial charge in [0.2, 0.25) is 5.91 Å². The van der Waals surface area contributed by atoms with E-state index in [1.54, 1.807) is 12.1 Å². The predicted molar refractivity (Wildman–Crippen MR) is 102 cm³/mol. The zero-order valence-electron chi connectivity index (χ0n) is 12.6. The molecule has 25 heavy (non-hydrogen) atoms. The van der Waals surface area contributed by atoms with Gasteiger partial charge in [-0.3, -0.25) is 20.2 Å². The van der Waals surface area contributed by atoms with Gasteiger partial charge in [0, 0.05) is 22.7 Å². The molecule has 0 saturated heterocycles. The lowest BCUT2D eigenvalue weighted by Crippen LogP contribution is -2.32. The largest absolute Gasteiger partial charge is 0.506 e. The van der Waals surface area contributed by atoms with Crippen molar-refractivity contribution in [1.29, 1.82) is 0 Å². The van der Waals surface area contributed by atoms with Crippen LogP contribution in [0.2, 0.25) is 0 Å². The van der Waals surface area contributed by atoms with E-state index >= 15 is 0 Å². The standard InChI is InChI=1S/C16H12BrN3O4S/c17-11-4-7-14(21)13(9-11)18-16(25)19-15(22)8-3-10-1-5-12(6-2-10)20(23)24/h1-9,21H,(H2,18,19,22,25). The highest BCUT2D eigenvalue weighted by atomic mass is 79.9. The number of benzene rings is 2. The number of non-ortho nitro benzene ring substituents is 1. The molecule has 0 radical (unpaired) electrons. The number of hydrogen-bond acceptors (Lipinski definition) is 5. The summed E-state index contributed by atoms with van der Waals surface area (Å²) in [5, 5.41) is 25.5. The summed E-state index contributed by atoms with van der Waals surface area (Å²) in [6.07, 6.45) is 2.74. The topological polar surface area (TPSA) is 104 Å². The summed E-state index contributed by atoms with van der Waals surface area (Å²) >= 11 is 8.28. The molecule has 0 heterocycles. The highest BCUT2D eigenvalue weighted by Crippen LogP contribution is 2.26. The molecule has 9 heteroatoms. The lowest BCUT2D eigenvalue weighted by molar-refractivity contribution is -0.384. The monoisotopic (exact) mass is 421 g/mol. The van der Waals surface area contributed by atoms with E-state index in [0.29, 0.717) is 11.3 Å². The van der Waals surface area contributed by atoms with Gasteiger partial charge in [0.15, 0.2) is 5.11 Å². The van der Waals surface area contributed by atoms with Crippen molar-refractivity contribution in [2.24, 2.45) is 0 Å². The van der Waals surface area contributed by atoms with Crippen molar-refractivity contribution in [1.82, 2.24) is 5.32 Å². The molecule has 0 aliphatic rings. The molecule has 2 rings (SSSR count). The zero-order valence-corrected chi connectivity index (χ0v) is 15.0. The van der Waals surface area contributed by atoms with Crippen molar-refractivity contribution < 1.29 is 14.8 Å². The Morgan fingerprint density at radius 3 is 2.56 bits per heavy atom. The number of amides is 1. The summed E-state index contributed by atoms with van der Waals surface area (Å²) in [6, 6.07) is 10.5. The van der Waals surface area contributed by atoms with E-state index in [9.17, 15) is 20.0 Å². The number of hydrogen-bond donors (Lipinski definition) is 3. The van der Waals surface area contributed by atoms with E-state index in [1.165, 1.54) is 42.5 Å². The number of nitro groups is 1. The van der Waals surface area contributed by atoms with Crippen LogP contribution in [0.15, 0.2) is 53.0 Å². The number of carbonyl (C=O) groups is 1. The second-order valence-corrected chi connectivity index (χ2v) is 6.11. The maximum Gasteiger partial charge on any atom is 0.269 e. The molecule has 2 aromatic carbocycles. The van der Waals surface area contributed by atoms with Crippen LogP contribution >= 0.6 is 28.1 Å². The molecule has 0 fully saturated rings. The highest BCUT2D eigenvalue weighted by molar-refractivity contribution is 9.10. The zero-order chi connectivity index (χ0) is 18.4. The highest BCUT2D eigenvalue weighted by Gasteiger charge is 2.06. The quantitative estimate of drug-likeness (QED) is 0.229. The fraction of sp³-hybridized carbons (Fsp3) is 0. The third kappa shape index (κ3) is 5.66. The smallest absolute Gasteiger partial charge is 0.269 e. The molecular formula is C16H12BrN3O4S. The van der Waals surface area contributed by atoms with Gasteiger partial charge in [-0.05, 0) is 54.2 Å². The first-order valence-electron chi connectivity index (χ1n) is 6.88. The lowest BCUT2D eigenvalue weighted by atomic mass is 10.2. The molecule has 1 amide bonds. The maximum atomic E-state index is 11.8. The van der Waals surface area contributed by atoms with Crippen LogP contribution in [-0.4, -0.2) is 21.0 Å². The van der Waals surface area contributed by atoms with Gasteiger partial charge in [0.1, 0.15) is 5.75 Å². The van der Waals surface area contributed by atoms with Crippen LogP contribution in [0.5, 0.6) is 5.75 Å². The summed E-state index contributed by atoms with van der Waals surface area (Å²) in [6.45, 7) is 0. The predicted octanol–water partition coefficient (Wildman–Crippen LogP) is 3.59. The lowest BCUT2D eigenvalue weighted by Gasteiger charge is -2.10. The third-order valence-corrected chi connectivity index (χ3v) is 3.67. The van der Waals surface area contributed by atoms with Gasteiger partial charge in [-0.25, -0.2) is 0 Å². The Labute approximate surface area is 156 Å². The maximum absolute atomic E-state index is 11.8. The van der Waals surface area contributed by atoms with Crippen LogP contribution < -0.4 is 10.6 Å². The van der Waals surface area contributed by atoms with Gasteiger partial charge in [0.25, 0.3) is 5.69 Å². The van der Waals surface area contributed by atoms with E-state index in [2.05, 4.69) is 26.6 Å². The van der Waals surface area contributed by atoms with Gasteiger partial charge in [-0.15, -0.1) is 0 Å². The molecule has 7 nitrogen and oxygen atoms in total. The van der Waals surface area contributed by atoms with Crippen LogP contribution in [0.25, 0.3) is 6.08 Å². The number of carbonyl (C=O) groups excluding carboxylic acids is 1. The molecule has 0 aromatic heterocycles. The number of nitro benzene ring substituents is 1. The first-order valence-corrected chi connectivity index (χ1v) is 8.08. The van der Waals surface area contributed by atoms with Gasteiger partial charge in [0.05, 0.1) is 10.6 Å². The van der Waals surface area contributed by atoms with E-state index in [-0.39, 0.29) is 16.5 Å². The Hall–Kier alpha value is -2.78. The average molecular weight is 422 g/mol. The summed E-state index contributed by atoms with van der Waals surface area (Å²) in [5.74, 6) is -0.494. The SMILES string of the molecule is O=C(C=Cc1ccc([N+](=O)[O-])cc1)NC(=S)Nc1cc(Br)ccc1O. The van der Waals surface area contributed by atoms with Crippen LogP contribution in [0, 0.1) is 10.1 Å². The molecule has 0 unspecified atom stereocenters. The molecule has 0 spiro atoms.